The van der Waals surface area contributed by atoms with Gasteiger partial charge in [-0.3, -0.25) is 4.79 Å². The van der Waals surface area contributed by atoms with E-state index in [-0.39, 0.29) is 11.3 Å². The lowest BCUT2D eigenvalue weighted by molar-refractivity contribution is 0.0999. The van der Waals surface area contributed by atoms with Crippen LogP contribution < -0.4 is 10.5 Å². The summed E-state index contributed by atoms with van der Waals surface area (Å²) in [5.41, 5.74) is 5.18. The number of nitrogens with two attached hydrogens (primary N) is 1. The van der Waals surface area contributed by atoms with Crippen LogP contribution in [0.2, 0.25) is 0 Å². The van der Waals surface area contributed by atoms with Crippen molar-refractivity contribution in [2.45, 2.75) is 12.8 Å². The van der Waals surface area contributed by atoms with Crippen molar-refractivity contribution in [2.24, 2.45) is 11.7 Å². The highest BCUT2D eigenvalue weighted by molar-refractivity contribution is 5.92. The number of halogens is 1. The molecule has 1 amide bonds. The molecule has 0 bridgehead atoms. The summed E-state index contributed by atoms with van der Waals surface area (Å²) in [6, 6.07) is 4.01. The first-order valence-electron chi connectivity index (χ1n) is 4.89. The third-order valence-electron chi connectivity index (χ3n) is 2.39. The van der Waals surface area contributed by atoms with Crippen molar-refractivity contribution in [3.8, 4) is 5.75 Å². The van der Waals surface area contributed by atoms with Gasteiger partial charge in [-0.25, -0.2) is 4.39 Å². The molecule has 0 spiro atoms. The number of carbonyl (C=O) groups is 1. The van der Waals surface area contributed by atoms with Gasteiger partial charge in [0, 0.05) is 5.56 Å². The summed E-state index contributed by atoms with van der Waals surface area (Å²) >= 11 is 0. The second-order valence-corrected chi connectivity index (χ2v) is 3.76. The minimum Gasteiger partial charge on any atom is -0.490 e. The molecule has 1 aliphatic rings. The Morgan fingerprint density at radius 3 is 2.80 bits per heavy atom. The molecule has 2 N–H and O–H groups in total. The van der Waals surface area contributed by atoms with Gasteiger partial charge in [0.25, 0.3) is 0 Å². The van der Waals surface area contributed by atoms with Gasteiger partial charge in [-0.05, 0) is 37.0 Å². The lowest BCUT2D eigenvalue weighted by Crippen LogP contribution is -2.11. The van der Waals surface area contributed by atoms with Crippen LogP contribution >= 0.6 is 0 Å². The standard InChI is InChI=1S/C11H12FNO2/c12-9-5-8(11(13)14)3-4-10(9)15-6-7-1-2-7/h3-5,7H,1-2,6H2,(H2,13,14). The van der Waals surface area contributed by atoms with Crippen molar-refractivity contribution in [1.82, 2.24) is 0 Å². The molecular weight excluding hydrogens is 197 g/mol. The van der Waals surface area contributed by atoms with Gasteiger partial charge in [-0.2, -0.15) is 0 Å². The SMILES string of the molecule is NC(=O)c1ccc(OCC2CC2)c(F)c1. The fraction of sp³-hybridized carbons (Fsp3) is 0.364. The normalized spacial score (nSPS) is 15.0. The molecule has 1 aliphatic carbocycles. The van der Waals surface area contributed by atoms with Crippen LogP contribution in [-0.4, -0.2) is 12.5 Å². The molecule has 0 unspecified atom stereocenters. The predicted molar refractivity (Wildman–Crippen MR) is 53.1 cm³/mol. The quantitative estimate of drug-likeness (QED) is 0.820. The first kappa shape index (κ1) is 9.96. The molecule has 0 heterocycles. The lowest BCUT2D eigenvalue weighted by Gasteiger charge is -2.06. The maximum absolute atomic E-state index is 13.3. The molecular formula is C11H12FNO2. The van der Waals surface area contributed by atoms with Crippen LogP contribution in [0.3, 0.4) is 0 Å². The average molecular weight is 209 g/mol. The molecule has 1 aromatic rings. The highest BCUT2D eigenvalue weighted by Crippen LogP contribution is 2.30. The van der Waals surface area contributed by atoms with E-state index in [0.29, 0.717) is 12.5 Å². The summed E-state index contributed by atoms with van der Waals surface area (Å²) in [5.74, 6) is -0.415. The molecule has 1 aromatic carbocycles. The molecule has 3 nitrogen and oxygen atoms in total. The average Bonchev–Trinajstić information content (AvgIpc) is 2.99. The smallest absolute Gasteiger partial charge is 0.248 e. The molecule has 1 fully saturated rings. The van der Waals surface area contributed by atoms with E-state index >= 15 is 0 Å². The topological polar surface area (TPSA) is 52.3 Å². The zero-order valence-corrected chi connectivity index (χ0v) is 8.20. The molecule has 0 aliphatic heterocycles. The van der Waals surface area contributed by atoms with Crippen LogP contribution in [0.4, 0.5) is 4.39 Å². The summed E-state index contributed by atoms with van der Waals surface area (Å²) in [5, 5.41) is 0. The van der Waals surface area contributed by atoms with E-state index in [4.69, 9.17) is 10.5 Å². The van der Waals surface area contributed by atoms with E-state index < -0.39 is 11.7 Å². The van der Waals surface area contributed by atoms with Crippen LogP contribution in [-0.2, 0) is 0 Å². The first-order chi connectivity index (χ1) is 7.16. The van der Waals surface area contributed by atoms with Gasteiger partial charge in [0.1, 0.15) is 0 Å². The Hall–Kier alpha value is -1.58. The zero-order valence-electron chi connectivity index (χ0n) is 8.20. The van der Waals surface area contributed by atoms with E-state index in [9.17, 15) is 9.18 Å². The second-order valence-electron chi connectivity index (χ2n) is 3.76. The first-order valence-corrected chi connectivity index (χ1v) is 4.89. The molecule has 1 saturated carbocycles. The Bertz CT molecular complexity index is 388. The van der Waals surface area contributed by atoms with Gasteiger partial charge >= 0.3 is 0 Å². The van der Waals surface area contributed by atoms with Crippen LogP contribution in [0.1, 0.15) is 23.2 Å². The van der Waals surface area contributed by atoms with E-state index in [1.165, 1.54) is 12.1 Å². The maximum atomic E-state index is 13.3. The highest BCUT2D eigenvalue weighted by atomic mass is 19.1. The van der Waals surface area contributed by atoms with Gasteiger partial charge in [0.2, 0.25) is 5.91 Å². The van der Waals surface area contributed by atoms with Gasteiger partial charge < -0.3 is 10.5 Å². The predicted octanol–water partition coefficient (Wildman–Crippen LogP) is 1.71. The molecule has 0 aromatic heterocycles. The van der Waals surface area contributed by atoms with Gasteiger partial charge in [0.15, 0.2) is 11.6 Å². The van der Waals surface area contributed by atoms with Crippen molar-refractivity contribution in [3.05, 3.63) is 29.6 Å². The molecule has 2 rings (SSSR count). The van der Waals surface area contributed by atoms with Crippen molar-refractivity contribution < 1.29 is 13.9 Å². The van der Waals surface area contributed by atoms with Gasteiger partial charge in [0.05, 0.1) is 6.61 Å². The van der Waals surface area contributed by atoms with E-state index in [1.54, 1.807) is 0 Å². The maximum Gasteiger partial charge on any atom is 0.248 e. The minimum atomic E-state index is -0.636. The van der Waals surface area contributed by atoms with Gasteiger partial charge in [-0.1, -0.05) is 0 Å². The Kier molecular flexibility index (Phi) is 2.58. The van der Waals surface area contributed by atoms with Crippen LogP contribution in [0.25, 0.3) is 0 Å². The summed E-state index contributed by atoms with van der Waals surface area (Å²) < 4.78 is 18.6. The molecule has 80 valence electrons. The summed E-state index contributed by atoms with van der Waals surface area (Å²) in [6.45, 7) is 0.548. The number of ether oxygens (including phenoxy) is 1. The van der Waals surface area contributed by atoms with Crippen molar-refractivity contribution in [3.63, 3.8) is 0 Å². The van der Waals surface area contributed by atoms with Crippen LogP contribution in [0.15, 0.2) is 18.2 Å². The molecule has 4 heteroatoms. The number of benzene rings is 1. The Morgan fingerprint density at radius 1 is 1.53 bits per heavy atom. The third kappa shape index (κ3) is 2.46. The fourth-order valence-electron chi connectivity index (χ4n) is 1.26. The lowest BCUT2D eigenvalue weighted by atomic mass is 10.2. The second kappa shape index (κ2) is 3.88. The summed E-state index contributed by atoms with van der Waals surface area (Å²) in [4.78, 5) is 10.8. The Morgan fingerprint density at radius 2 is 2.27 bits per heavy atom. The molecule has 0 atom stereocenters. The Labute approximate surface area is 87.0 Å². The van der Waals surface area contributed by atoms with E-state index in [2.05, 4.69) is 0 Å². The van der Waals surface area contributed by atoms with Crippen LogP contribution in [0, 0.1) is 11.7 Å². The van der Waals surface area contributed by atoms with E-state index in [1.807, 2.05) is 0 Å². The number of primary amides is 1. The fourth-order valence-corrected chi connectivity index (χ4v) is 1.26. The number of amides is 1. The third-order valence-corrected chi connectivity index (χ3v) is 2.39. The summed E-state index contributed by atoms with van der Waals surface area (Å²) in [6.07, 6.45) is 2.31. The largest absolute Gasteiger partial charge is 0.490 e. The monoisotopic (exact) mass is 209 g/mol. The number of hydrogen-bond acceptors (Lipinski definition) is 2. The number of rotatable bonds is 4. The minimum absolute atomic E-state index is 0.159. The molecule has 0 saturated heterocycles. The zero-order chi connectivity index (χ0) is 10.8. The number of hydrogen-bond donors (Lipinski definition) is 1. The highest BCUT2D eigenvalue weighted by Gasteiger charge is 2.22. The van der Waals surface area contributed by atoms with Crippen molar-refractivity contribution in [2.75, 3.05) is 6.61 Å². The molecule has 15 heavy (non-hydrogen) atoms. The van der Waals surface area contributed by atoms with Crippen molar-refractivity contribution in [1.29, 1.82) is 0 Å². The van der Waals surface area contributed by atoms with E-state index in [0.717, 1.165) is 18.9 Å². The molecule has 0 radical (unpaired) electrons. The van der Waals surface area contributed by atoms with Crippen LogP contribution in [0.5, 0.6) is 5.75 Å². The van der Waals surface area contributed by atoms with Crippen molar-refractivity contribution >= 4 is 5.91 Å². The van der Waals surface area contributed by atoms with Gasteiger partial charge in [-0.15, -0.1) is 0 Å². The number of carbonyl (C=O) groups excluding carboxylic acids is 1. The Balaban J connectivity index is 2.07. The summed E-state index contributed by atoms with van der Waals surface area (Å²) in [7, 11) is 0.